The summed E-state index contributed by atoms with van der Waals surface area (Å²) in [5.74, 6) is -0.0999. The number of imidazole rings is 1. The molecule has 7 heteroatoms. The molecule has 0 aliphatic carbocycles. The third-order valence-corrected chi connectivity index (χ3v) is 4.86. The van der Waals surface area contributed by atoms with Gasteiger partial charge in [0.2, 0.25) is 5.91 Å². The van der Waals surface area contributed by atoms with E-state index in [4.69, 9.17) is 0 Å². The van der Waals surface area contributed by atoms with E-state index in [1.165, 1.54) is 0 Å². The van der Waals surface area contributed by atoms with Crippen molar-refractivity contribution in [2.75, 3.05) is 5.32 Å². The fourth-order valence-corrected chi connectivity index (χ4v) is 3.42. The highest BCUT2D eigenvalue weighted by molar-refractivity contribution is 5.92. The van der Waals surface area contributed by atoms with E-state index < -0.39 is 0 Å². The lowest BCUT2D eigenvalue weighted by molar-refractivity contribution is -0.115. The molecular weight excluding hydrogens is 376 g/mol. The molecule has 2 aromatic carbocycles. The van der Waals surface area contributed by atoms with Gasteiger partial charge in [0.15, 0.2) is 5.65 Å². The average molecular weight is 394 g/mol. The number of nitrogens with one attached hydrogen (secondary N) is 2. The molecular formula is C23H18N6O. The third kappa shape index (κ3) is 3.44. The Morgan fingerprint density at radius 3 is 2.57 bits per heavy atom. The van der Waals surface area contributed by atoms with E-state index in [-0.39, 0.29) is 12.3 Å². The first-order chi connectivity index (χ1) is 14.8. The van der Waals surface area contributed by atoms with Crippen LogP contribution in [0, 0.1) is 0 Å². The monoisotopic (exact) mass is 394 g/mol. The first-order valence-electron chi connectivity index (χ1n) is 9.53. The van der Waals surface area contributed by atoms with E-state index in [1.807, 2.05) is 59.2 Å². The molecule has 0 unspecified atom stereocenters. The van der Waals surface area contributed by atoms with Gasteiger partial charge in [0.05, 0.1) is 24.6 Å². The van der Waals surface area contributed by atoms with E-state index in [9.17, 15) is 4.79 Å². The SMILES string of the molecule is O=C(Cc1cnc[nH]1)Nc1ccc(-c2cnn3c(-c4ccccc4)ccnc23)cc1. The second-order valence-corrected chi connectivity index (χ2v) is 6.87. The van der Waals surface area contributed by atoms with Gasteiger partial charge in [-0.15, -0.1) is 0 Å². The Kier molecular flexibility index (Phi) is 4.53. The van der Waals surface area contributed by atoms with Gasteiger partial charge < -0.3 is 10.3 Å². The number of nitrogens with zero attached hydrogens (tertiary/aromatic N) is 4. The summed E-state index contributed by atoms with van der Waals surface area (Å²) in [5, 5.41) is 7.46. The smallest absolute Gasteiger partial charge is 0.230 e. The number of H-pyrrole nitrogens is 1. The lowest BCUT2D eigenvalue weighted by atomic mass is 10.1. The first-order valence-corrected chi connectivity index (χ1v) is 9.53. The number of benzene rings is 2. The van der Waals surface area contributed by atoms with Gasteiger partial charge >= 0.3 is 0 Å². The normalized spacial score (nSPS) is 10.9. The molecule has 0 aliphatic heterocycles. The van der Waals surface area contributed by atoms with Crippen LogP contribution in [0.3, 0.4) is 0 Å². The maximum atomic E-state index is 12.2. The molecule has 3 heterocycles. The molecule has 1 amide bonds. The Morgan fingerprint density at radius 1 is 0.967 bits per heavy atom. The molecule has 5 rings (SSSR count). The Morgan fingerprint density at radius 2 is 1.80 bits per heavy atom. The molecule has 7 nitrogen and oxygen atoms in total. The molecule has 0 aliphatic rings. The van der Waals surface area contributed by atoms with Crippen molar-refractivity contribution in [2.45, 2.75) is 6.42 Å². The van der Waals surface area contributed by atoms with Crippen LogP contribution in [-0.2, 0) is 11.2 Å². The summed E-state index contributed by atoms with van der Waals surface area (Å²) in [6.45, 7) is 0. The summed E-state index contributed by atoms with van der Waals surface area (Å²) in [6.07, 6.45) is 7.07. The lowest BCUT2D eigenvalue weighted by Crippen LogP contribution is -2.14. The minimum Gasteiger partial charge on any atom is -0.348 e. The van der Waals surface area contributed by atoms with E-state index in [0.717, 1.165) is 39.4 Å². The van der Waals surface area contributed by atoms with Gasteiger partial charge in [-0.05, 0) is 23.8 Å². The fraction of sp³-hybridized carbons (Fsp3) is 0.0435. The van der Waals surface area contributed by atoms with E-state index >= 15 is 0 Å². The molecule has 3 aromatic heterocycles. The molecule has 146 valence electrons. The number of hydrogen-bond donors (Lipinski definition) is 2. The van der Waals surface area contributed by atoms with Crippen LogP contribution in [0.25, 0.3) is 28.0 Å². The molecule has 0 radical (unpaired) electrons. The van der Waals surface area contributed by atoms with Crippen molar-refractivity contribution in [3.8, 4) is 22.4 Å². The van der Waals surface area contributed by atoms with Crippen molar-refractivity contribution in [3.63, 3.8) is 0 Å². The van der Waals surface area contributed by atoms with Crippen LogP contribution < -0.4 is 5.32 Å². The number of amides is 1. The topological polar surface area (TPSA) is 88.0 Å². The predicted octanol–water partition coefficient (Wildman–Crippen LogP) is 3.97. The van der Waals surface area contributed by atoms with Gasteiger partial charge in [-0.1, -0.05) is 42.5 Å². The first kappa shape index (κ1) is 17.8. The molecule has 30 heavy (non-hydrogen) atoms. The number of carbonyl (C=O) groups is 1. The summed E-state index contributed by atoms with van der Waals surface area (Å²) in [5.41, 5.74) is 6.27. The standard InChI is InChI=1S/C23H18N6O/c30-22(12-19-13-24-15-26-19)28-18-8-6-16(7-9-18)20-14-27-29-21(10-11-25-23(20)29)17-4-2-1-3-5-17/h1-11,13-15H,12H2,(H,24,26)(H,28,30). The molecule has 0 bridgehead atoms. The molecule has 5 aromatic rings. The number of aromatic amines is 1. The number of carbonyl (C=O) groups excluding carboxylic acids is 1. The van der Waals surface area contributed by atoms with Crippen LogP contribution in [0.5, 0.6) is 0 Å². The largest absolute Gasteiger partial charge is 0.348 e. The Labute approximate surface area is 172 Å². The molecule has 0 saturated carbocycles. The van der Waals surface area contributed by atoms with Crippen LogP contribution in [-0.4, -0.2) is 30.5 Å². The molecule has 0 fully saturated rings. The number of fused-ring (bicyclic) bond motifs is 1. The van der Waals surface area contributed by atoms with Crippen LogP contribution in [0.1, 0.15) is 5.69 Å². The third-order valence-electron chi connectivity index (χ3n) is 4.86. The highest BCUT2D eigenvalue weighted by atomic mass is 16.1. The zero-order valence-corrected chi connectivity index (χ0v) is 16.0. The maximum absolute atomic E-state index is 12.2. The van der Waals surface area contributed by atoms with Crippen LogP contribution >= 0.6 is 0 Å². The number of aromatic nitrogens is 5. The predicted molar refractivity (Wildman–Crippen MR) is 115 cm³/mol. The van der Waals surface area contributed by atoms with Crippen molar-refractivity contribution < 1.29 is 4.79 Å². The zero-order chi connectivity index (χ0) is 20.3. The molecule has 0 saturated heterocycles. The summed E-state index contributed by atoms with van der Waals surface area (Å²) in [4.78, 5) is 23.5. The quantitative estimate of drug-likeness (QED) is 0.472. The summed E-state index contributed by atoms with van der Waals surface area (Å²) in [6, 6.07) is 19.7. The lowest BCUT2D eigenvalue weighted by Gasteiger charge is -2.07. The molecule has 2 N–H and O–H groups in total. The number of anilines is 1. The Balaban J connectivity index is 1.40. The van der Waals surface area contributed by atoms with E-state index in [2.05, 4.69) is 37.5 Å². The highest BCUT2D eigenvalue weighted by Gasteiger charge is 2.12. The highest BCUT2D eigenvalue weighted by Crippen LogP contribution is 2.27. The second-order valence-electron chi connectivity index (χ2n) is 6.87. The van der Waals surface area contributed by atoms with Crippen LogP contribution in [0.4, 0.5) is 5.69 Å². The van der Waals surface area contributed by atoms with Gasteiger partial charge in [-0.2, -0.15) is 5.10 Å². The second kappa shape index (κ2) is 7.63. The van der Waals surface area contributed by atoms with Crippen molar-refractivity contribution in [1.29, 1.82) is 0 Å². The Bertz CT molecular complexity index is 1290. The van der Waals surface area contributed by atoms with Crippen molar-refractivity contribution in [1.82, 2.24) is 24.6 Å². The van der Waals surface area contributed by atoms with Crippen molar-refractivity contribution in [3.05, 3.63) is 91.3 Å². The van der Waals surface area contributed by atoms with Gasteiger partial charge in [0.1, 0.15) is 0 Å². The summed E-state index contributed by atoms with van der Waals surface area (Å²) >= 11 is 0. The van der Waals surface area contributed by atoms with E-state index in [1.54, 1.807) is 18.7 Å². The van der Waals surface area contributed by atoms with Gasteiger partial charge in [-0.25, -0.2) is 14.5 Å². The van der Waals surface area contributed by atoms with Gasteiger partial charge in [0, 0.05) is 34.9 Å². The fourth-order valence-electron chi connectivity index (χ4n) is 3.42. The summed E-state index contributed by atoms with van der Waals surface area (Å²) in [7, 11) is 0. The average Bonchev–Trinajstić information content (AvgIpc) is 3.44. The number of rotatable bonds is 5. The minimum atomic E-state index is -0.0999. The van der Waals surface area contributed by atoms with Gasteiger partial charge in [-0.3, -0.25) is 4.79 Å². The Hall–Kier alpha value is -4.26. The van der Waals surface area contributed by atoms with Crippen molar-refractivity contribution >= 4 is 17.2 Å². The van der Waals surface area contributed by atoms with Crippen LogP contribution in [0.2, 0.25) is 0 Å². The summed E-state index contributed by atoms with van der Waals surface area (Å²) < 4.78 is 1.85. The molecule has 0 spiro atoms. The minimum absolute atomic E-state index is 0.0999. The van der Waals surface area contributed by atoms with E-state index in [0.29, 0.717) is 0 Å². The van der Waals surface area contributed by atoms with Crippen LogP contribution in [0.15, 0.2) is 85.6 Å². The maximum Gasteiger partial charge on any atom is 0.230 e. The number of hydrogen-bond acceptors (Lipinski definition) is 4. The molecule has 0 atom stereocenters. The van der Waals surface area contributed by atoms with Crippen molar-refractivity contribution in [2.24, 2.45) is 0 Å². The zero-order valence-electron chi connectivity index (χ0n) is 16.0. The van der Waals surface area contributed by atoms with Gasteiger partial charge in [0.25, 0.3) is 0 Å².